The minimum Gasteiger partial charge on any atom is -0.285 e. The van der Waals surface area contributed by atoms with Gasteiger partial charge in [-0.1, -0.05) is 19.8 Å². The molecule has 66 valence electrons. The van der Waals surface area contributed by atoms with Crippen LogP contribution in [-0.2, 0) is 0 Å². The van der Waals surface area contributed by atoms with Crippen molar-refractivity contribution < 1.29 is 0 Å². The Labute approximate surface area is 78.3 Å². The highest BCUT2D eigenvalue weighted by atomic mass is 32.2. The third kappa shape index (κ3) is 4.28. The molecule has 0 aromatic rings. The quantitative estimate of drug-likeness (QED) is 0.629. The third-order valence-corrected chi connectivity index (χ3v) is 4.22. The van der Waals surface area contributed by atoms with Crippen molar-refractivity contribution in [2.24, 2.45) is 0 Å². The highest BCUT2D eigenvalue weighted by molar-refractivity contribution is 8.16. The van der Waals surface area contributed by atoms with Gasteiger partial charge in [0.25, 0.3) is 0 Å². The van der Waals surface area contributed by atoms with E-state index in [1.54, 1.807) is 0 Å². The Morgan fingerprint density at radius 2 is 1.91 bits per heavy atom. The maximum Gasteiger partial charge on any atom is 0.0460 e. The van der Waals surface area contributed by atoms with E-state index in [2.05, 4.69) is 11.8 Å². The molecule has 1 saturated heterocycles. The van der Waals surface area contributed by atoms with Crippen LogP contribution in [0.25, 0.3) is 0 Å². The highest BCUT2D eigenvalue weighted by Crippen LogP contribution is 2.21. The van der Waals surface area contributed by atoms with Gasteiger partial charge in [0.05, 0.1) is 0 Å². The van der Waals surface area contributed by atoms with Crippen molar-refractivity contribution >= 4 is 23.5 Å². The first-order valence-corrected chi connectivity index (χ1v) is 6.62. The Kier molecular flexibility index (Phi) is 5.50. The normalized spacial score (nSPS) is 20.5. The van der Waals surface area contributed by atoms with Crippen molar-refractivity contribution in [3.63, 3.8) is 0 Å². The molecule has 0 N–H and O–H groups in total. The summed E-state index contributed by atoms with van der Waals surface area (Å²) in [6.07, 6.45) is 4.12. The van der Waals surface area contributed by atoms with E-state index in [9.17, 15) is 0 Å². The van der Waals surface area contributed by atoms with Crippen molar-refractivity contribution in [3.05, 3.63) is 0 Å². The predicted octanol–water partition coefficient (Wildman–Crippen LogP) is 2.83. The molecule has 0 aromatic heterocycles. The zero-order valence-electron chi connectivity index (χ0n) is 7.21. The van der Waals surface area contributed by atoms with Gasteiger partial charge in [-0.3, -0.25) is 4.90 Å². The minimum atomic E-state index is 1.26. The molecule has 1 aliphatic heterocycles. The molecule has 1 nitrogen and oxygen atoms in total. The second kappa shape index (κ2) is 6.21. The fourth-order valence-electron chi connectivity index (χ4n) is 1.14. The van der Waals surface area contributed by atoms with Crippen LogP contribution in [0.3, 0.4) is 0 Å². The minimum absolute atomic E-state index is 1.26. The molecule has 11 heavy (non-hydrogen) atoms. The summed E-state index contributed by atoms with van der Waals surface area (Å²) in [6, 6.07) is 0. The van der Waals surface area contributed by atoms with Crippen LogP contribution >= 0.6 is 23.5 Å². The van der Waals surface area contributed by atoms with Gasteiger partial charge in [-0.05, 0) is 13.0 Å². The maximum absolute atomic E-state index is 2.55. The van der Waals surface area contributed by atoms with Crippen LogP contribution in [0.4, 0.5) is 0 Å². The smallest absolute Gasteiger partial charge is 0.0460 e. The molecule has 1 aliphatic rings. The molecule has 1 fully saturated rings. The van der Waals surface area contributed by atoms with Crippen molar-refractivity contribution in [3.8, 4) is 0 Å². The molecule has 0 spiro atoms. The van der Waals surface area contributed by atoms with Crippen molar-refractivity contribution in [1.29, 1.82) is 0 Å². The number of nitrogens with zero attached hydrogens (tertiary/aromatic N) is 1. The van der Waals surface area contributed by atoms with Crippen molar-refractivity contribution in [2.45, 2.75) is 26.2 Å². The lowest BCUT2D eigenvalue weighted by Gasteiger charge is -2.25. The predicted molar refractivity (Wildman–Crippen MR) is 56.0 cm³/mol. The Bertz CT molecular complexity index is 92.1. The number of rotatable bonds is 4. The van der Waals surface area contributed by atoms with E-state index >= 15 is 0 Å². The molecule has 3 heteroatoms. The zero-order valence-corrected chi connectivity index (χ0v) is 8.85. The van der Waals surface area contributed by atoms with Crippen LogP contribution in [0, 0.1) is 0 Å². The molecule has 0 aliphatic carbocycles. The molecular weight excluding hydrogens is 174 g/mol. The Balaban J connectivity index is 1.96. The summed E-state index contributed by atoms with van der Waals surface area (Å²) in [6.45, 7) is 3.58. The Morgan fingerprint density at radius 1 is 1.18 bits per heavy atom. The van der Waals surface area contributed by atoms with E-state index in [0.29, 0.717) is 0 Å². The molecule has 0 amide bonds. The number of hydrogen-bond donors (Lipinski definition) is 0. The molecule has 0 radical (unpaired) electrons. The van der Waals surface area contributed by atoms with Gasteiger partial charge in [-0.15, -0.1) is 23.5 Å². The Morgan fingerprint density at radius 3 is 2.55 bits per heavy atom. The number of unbranched alkanes of at least 4 members (excludes halogenated alkanes) is 2. The molecular formula is C8H17NS2. The van der Waals surface area contributed by atoms with E-state index in [0.717, 1.165) is 0 Å². The standard InChI is InChI=1S/C8H17NS2/c1-2-3-4-5-9-6-10-8-11-7-9/h2-8H2,1H3. The SMILES string of the molecule is CCCCCN1CSCSC1. The molecule has 1 rings (SSSR count). The third-order valence-electron chi connectivity index (χ3n) is 1.79. The summed E-state index contributed by atoms with van der Waals surface area (Å²) in [4.78, 5) is 2.55. The van der Waals surface area contributed by atoms with Gasteiger partial charge in [0.15, 0.2) is 0 Å². The summed E-state index contributed by atoms with van der Waals surface area (Å²) >= 11 is 4.10. The largest absolute Gasteiger partial charge is 0.285 e. The van der Waals surface area contributed by atoms with Crippen LogP contribution in [0.5, 0.6) is 0 Å². The van der Waals surface area contributed by atoms with Gasteiger partial charge in [0, 0.05) is 16.8 Å². The molecule has 0 bridgehead atoms. The van der Waals surface area contributed by atoms with Gasteiger partial charge >= 0.3 is 0 Å². The lowest BCUT2D eigenvalue weighted by molar-refractivity contribution is 0.363. The highest BCUT2D eigenvalue weighted by Gasteiger charge is 2.08. The number of thioether (sulfide) groups is 2. The van der Waals surface area contributed by atoms with Crippen LogP contribution in [0.15, 0.2) is 0 Å². The number of hydrogen-bond acceptors (Lipinski definition) is 3. The molecule has 0 atom stereocenters. The average molecular weight is 191 g/mol. The van der Waals surface area contributed by atoms with Crippen LogP contribution in [0.1, 0.15) is 26.2 Å². The van der Waals surface area contributed by atoms with Gasteiger partial charge in [-0.2, -0.15) is 0 Å². The molecule has 0 saturated carbocycles. The van der Waals surface area contributed by atoms with E-state index in [1.807, 2.05) is 23.5 Å². The first-order chi connectivity index (χ1) is 5.43. The van der Waals surface area contributed by atoms with Crippen molar-refractivity contribution in [1.82, 2.24) is 4.90 Å². The van der Waals surface area contributed by atoms with E-state index in [1.165, 1.54) is 42.6 Å². The maximum atomic E-state index is 2.55. The van der Waals surface area contributed by atoms with Crippen LogP contribution < -0.4 is 0 Å². The van der Waals surface area contributed by atoms with Gasteiger partial charge < -0.3 is 0 Å². The van der Waals surface area contributed by atoms with E-state index in [4.69, 9.17) is 0 Å². The summed E-state index contributed by atoms with van der Waals surface area (Å²) in [5.74, 6) is 2.52. The van der Waals surface area contributed by atoms with E-state index < -0.39 is 0 Å². The van der Waals surface area contributed by atoms with Gasteiger partial charge in [0.1, 0.15) is 0 Å². The fraction of sp³-hybridized carbons (Fsp3) is 1.00. The summed E-state index contributed by atoms with van der Waals surface area (Å²) < 4.78 is 0. The molecule has 0 unspecified atom stereocenters. The fourth-order valence-corrected chi connectivity index (χ4v) is 3.28. The van der Waals surface area contributed by atoms with E-state index in [-0.39, 0.29) is 0 Å². The second-order valence-corrected chi connectivity index (χ2v) is 5.16. The first kappa shape index (κ1) is 9.75. The summed E-state index contributed by atoms with van der Waals surface area (Å²) in [7, 11) is 0. The first-order valence-electron chi connectivity index (χ1n) is 4.31. The summed E-state index contributed by atoms with van der Waals surface area (Å²) in [5, 5.41) is 1.30. The van der Waals surface area contributed by atoms with Crippen LogP contribution in [0.2, 0.25) is 0 Å². The zero-order chi connectivity index (χ0) is 7.94. The lowest BCUT2D eigenvalue weighted by atomic mass is 10.2. The molecule has 0 aromatic carbocycles. The molecule has 1 heterocycles. The van der Waals surface area contributed by atoms with Crippen LogP contribution in [-0.4, -0.2) is 28.3 Å². The second-order valence-electron chi connectivity index (χ2n) is 2.89. The summed E-state index contributed by atoms with van der Waals surface area (Å²) in [5.41, 5.74) is 0. The lowest BCUT2D eigenvalue weighted by Crippen LogP contribution is -2.26. The average Bonchev–Trinajstić information content (AvgIpc) is 2.07. The van der Waals surface area contributed by atoms with Crippen molar-refractivity contribution in [2.75, 3.05) is 23.4 Å². The Hall–Kier alpha value is 0.660. The monoisotopic (exact) mass is 191 g/mol. The topological polar surface area (TPSA) is 3.24 Å². The van der Waals surface area contributed by atoms with Gasteiger partial charge in [-0.25, -0.2) is 0 Å². The van der Waals surface area contributed by atoms with Gasteiger partial charge in [0.2, 0.25) is 0 Å².